The number of aromatic nitrogens is 1. The first kappa shape index (κ1) is 11.2. The van der Waals surface area contributed by atoms with Crippen molar-refractivity contribution in [3.05, 3.63) is 42.2 Å². The lowest BCUT2D eigenvalue weighted by Crippen LogP contribution is -2.12. The summed E-state index contributed by atoms with van der Waals surface area (Å²) < 4.78 is 9.89. The van der Waals surface area contributed by atoms with Crippen LogP contribution in [-0.4, -0.2) is 17.7 Å². The number of benzene rings is 1. The van der Waals surface area contributed by atoms with E-state index in [4.69, 9.17) is 9.26 Å². The molecule has 5 heteroatoms. The Morgan fingerprint density at radius 2 is 2.18 bits per heavy atom. The number of para-hydroxylation sites is 1. The molecule has 1 N–H and O–H groups in total. The molecule has 0 saturated carbocycles. The maximum atomic E-state index is 11.9. The number of carbonyl (C=O) groups is 1. The average molecular weight is 232 g/mol. The van der Waals surface area contributed by atoms with Crippen LogP contribution in [-0.2, 0) is 0 Å². The minimum Gasteiger partial charge on any atom is -0.475 e. The van der Waals surface area contributed by atoms with E-state index >= 15 is 0 Å². The summed E-state index contributed by atoms with van der Waals surface area (Å²) in [6.45, 7) is 2.24. The van der Waals surface area contributed by atoms with Crippen molar-refractivity contribution in [3.63, 3.8) is 0 Å². The molecule has 0 aliphatic carbocycles. The number of carbonyl (C=O) groups excluding carboxylic acids is 1. The second kappa shape index (κ2) is 5.16. The molecule has 0 radical (unpaired) electrons. The van der Waals surface area contributed by atoms with Crippen LogP contribution in [0, 0.1) is 0 Å². The molecule has 0 atom stereocenters. The Kier molecular flexibility index (Phi) is 3.40. The van der Waals surface area contributed by atoms with E-state index in [1.54, 1.807) is 12.1 Å². The number of anilines is 1. The van der Waals surface area contributed by atoms with Gasteiger partial charge in [0.2, 0.25) is 0 Å². The van der Waals surface area contributed by atoms with Crippen molar-refractivity contribution in [3.8, 4) is 5.88 Å². The van der Waals surface area contributed by atoms with Crippen LogP contribution in [0.25, 0.3) is 0 Å². The quantitative estimate of drug-likeness (QED) is 0.878. The number of hydrogen-bond acceptors (Lipinski definition) is 4. The number of rotatable bonds is 4. The zero-order chi connectivity index (χ0) is 12.1. The van der Waals surface area contributed by atoms with E-state index in [1.165, 1.54) is 6.26 Å². The van der Waals surface area contributed by atoms with Gasteiger partial charge in [-0.25, -0.2) is 0 Å². The number of nitrogens with zero attached hydrogens (tertiary/aromatic N) is 1. The molecule has 1 aromatic carbocycles. The molecule has 17 heavy (non-hydrogen) atoms. The summed E-state index contributed by atoms with van der Waals surface area (Å²) >= 11 is 0. The fourth-order valence-corrected chi connectivity index (χ4v) is 1.34. The molecule has 1 aromatic heterocycles. The lowest BCUT2D eigenvalue weighted by Gasteiger charge is -2.04. The normalized spacial score (nSPS) is 9.94. The number of hydrogen-bond donors (Lipinski definition) is 1. The summed E-state index contributed by atoms with van der Waals surface area (Å²) in [6, 6.07) is 9.15. The average Bonchev–Trinajstić information content (AvgIpc) is 2.79. The van der Waals surface area contributed by atoms with E-state index in [9.17, 15) is 4.79 Å². The summed E-state index contributed by atoms with van der Waals surface area (Å²) in [5, 5.41) is 6.33. The van der Waals surface area contributed by atoms with Crippen molar-refractivity contribution in [2.75, 3.05) is 11.9 Å². The third-order valence-electron chi connectivity index (χ3n) is 2.09. The number of amides is 1. The third kappa shape index (κ3) is 2.63. The number of ether oxygens (including phenoxy) is 1. The van der Waals surface area contributed by atoms with Crippen LogP contribution >= 0.6 is 0 Å². The van der Waals surface area contributed by atoms with Crippen LogP contribution in [0.1, 0.15) is 17.3 Å². The van der Waals surface area contributed by atoms with Crippen LogP contribution in [0.3, 0.4) is 0 Å². The largest absolute Gasteiger partial charge is 0.475 e. The van der Waals surface area contributed by atoms with Crippen molar-refractivity contribution in [2.45, 2.75) is 6.92 Å². The summed E-state index contributed by atoms with van der Waals surface area (Å²) in [7, 11) is 0. The minimum absolute atomic E-state index is 0.209. The standard InChI is InChI=1S/C12H12N2O3/c1-2-16-12-10(8-17-14-12)11(15)13-9-6-4-3-5-7-9/h3-8H,2H2,1H3,(H,13,15). The Bertz CT molecular complexity index is 493. The van der Waals surface area contributed by atoms with Gasteiger partial charge >= 0.3 is 0 Å². The molecule has 0 fully saturated rings. The zero-order valence-electron chi connectivity index (χ0n) is 9.34. The van der Waals surface area contributed by atoms with Crippen LogP contribution in [0.4, 0.5) is 5.69 Å². The second-order valence-corrected chi connectivity index (χ2v) is 3.29. The van der Waals surface area contributed by atoms with Crippen molar-refractivity contribution in [1.82, 2.24) is 5.16 Å². The van der Waals surface area contributed by atoms with Gasteiger partial charge in [-0.2, -0.15) is 0 Å². The van der Waals surface area contributed by atoms with Gasteiger partial charge in [0.05, 0.1) is 6.61 Å². The second-order valence-electron chi connectivity index (χ2n) is 3.29. The fraction of sp³-hybridized carbons (Fsp3) is 0.167. The van der Waals surface area contributed by atoms with Gasteiger partial charge in [-0.05, 0) is 24.2 Å². The Balaban J connectivity index is 2.12. The molecule has 0 unspecified atom stereocenters. The molecular weight excluding hydrogens is 220 g/mol. The van der Waals surface area contributed by atoms with Crippen LogP contribution in [0.15, 0.2) is 41.1 Å². The molecule has 0 aliphatic rings. The number of nitrogens with one attached hydrogen (secondary N) is 1. The lowest BCUT2D eigenvalue weighted by atomic mass is 10.3. The van der Waals surface area contributed by atoms with Gasteiger partial charge in [0.1, 0.15) is 11.8 Å². The molecule has 2 rings (SSSR count). The first-order valence-electron chi connectivity index (χ1n) is 5.25. The SMILES string of the molecule is CCOc1nocc1C(=O)Nc1ccccc1. The van der Waals surface area contributed by atoms with E-state index < -0.39 is 0 Å². The van der Waals surface area contributed by atoms with Gasteiger partial charge in [-0.3, -0.25) is 4.79 Å². The summed E-state index contributed by atoms with van der Waals surface area (Å²) in [6.07, 6.45) is 1.27. The molecule has 88 valence electrons. The Hall–Kier alpha value is -2.30. The first-order chi connectivity index (χ1) is 8.31. The molecular formula is C12H12N2O3. The van der Waals surface area contributed by atoms with Gasteiger partial charge in [0.15, 0.2) is 0 Å². The van der Waals surface area contributed by atoms with E-state index in [2.05, 4.69) is 10.5 Å². The third-order valence-corrected chi connectivity index (χ3v) is 2.09. The van der Waals surface area contributed by atoms with Gasteiger partial charge in [0, 0.05) is 5.69 Å². The first-order valence-corrected chi connectivity index (χ1v) is 5.25. The summed E-state index contributed by atoms with van der Waals surface area (Å²) in [4.78, 5) is 11.9. The maximum Gasteiger partial charge on any atom is 0.267 e. The predicted octanol–water partition coefficient (Wildman–Crippen LogP) is 2.33. The maximum absolute atomic E-state index is 11.9. The molecule has 0 spiro atoms. The Morgan fingerprint density at radius 1 is 1.41 bits per heavy atom. The fourth-order valence-electron chi connectivity index (χ4n) is 1.34. The molecule has 0 aliphatic heterocycles. The molecule has 1 heterocycles. The highest BCUT2D eigenvalue weighted by Crippen LogP contribution is 2.17. The van der Waals surface area contributed by atoms with Gasteiger partial charge < -0.3 is 14.6 Å². The molecule has 5 nitrogen and oxygen atoms in total. The smallest absolute Gasteiger partial charge is 0.267 e. The molecule has 0 saturated heterocycles. The monoisotopic (exact) mass is 232 g/mol. The molecule has 0 bridgehead atoms. The minimum atomic E-state index is -0.305. The summed E-state index contributed by atoms with van der Waals surface area (Å²) in [5.41, 5.74) is 0.997. The van der Waals surface area contributed by atoms with Gasteiger partial charge in [-0.1, -0.05) is 18.2 Å². The van der Waals surface area contributed by atoms with Crippen molar-refractivity contribution >= 4 is 11.6 Å². The predicted molar refractivity (Wildman–Crippen MR) is 62.1 cm³/mol. The van der Waals surface area contributed by atoms with Crippen LogP contribution in [0.5, 0.6) is 5.88 Å². The van der Waals surface area contributed by atoms with Gasteiger partial charge in [-0.15, -0.1) is 0 Å². The Morgan fingerprint density at radius 3 is 2.88 bits per heavy atom. The van der Waals surface area contributed by atoms with Crippen molar-refractivity contribution < 1.29 is 14.1 Å². The molecule has 1 amide bonds. The van der Waals surface area contributed by atoms with Gasteiger partial charge in [0.25, 0.3) is 11.8 Å². The highest BCUT2D eigenvalue weighted by atomic mass is 16.5. The van der Waals surface area contributed by atoms with Crippen LogP contribution in [0.2, 0.25) is 0 Å². The zero-order valence-corrected chi connectivity index (χ0v) is 9.34. The van der Waals surface area contributed by atoms with E-state index in [0.29, 0.717) is 12.3 Å². The highest BCUT2D eigenvalue weighted by Gasteiger charge is 2.16. The van der Waals surface area contributed by atoms with E-state index in [1.807, 2.05) is 25.1 Å². The summed E-state index contributed by atoms with van der Waals surface area (Å²) in [5.74, 6) is -0.0955. The van der Waals surface area contributed by atoms with Crippen molar-refractivity contribution in [2.24, 2.45) is 0 Å². The molecule has 2 aromatic rings. The van der Waals surface area contributed by atoms with Crippen LogP contribution < -0.4 is 10.1 Å². The van der Waals surface area contributed by atoms with E-state index in [0.717, 1.165) is 0 Å². The van der Waals surface area contributed by atoms with E-state index in [-0.39, 0.29) is 17.4 Å². The topological polar surface area (TPSA) is 64.4 Å². The highest BCUT2D eigenvalue weighted by molar-refractivity contribution is 6.05. The lowest BCUT2D eigenvalue weighted by molar-refractivity contribution is 0.102. The Labute approximate surface area is 98.4 Å². The van der Waals surface area contributed by atoms with Crippen molar-refractivity contribution in [1.29, 1.82) is 0 Å².